The van der Waals surface area contributed by atoms with Crippen LogP contribution in [0.3, 0.4) is 0 Å². The second-order valence-electron chi connectivity index (χ2n) is 9.72. The smallest absolute Gasteiger partial charge is 0.261 e. The normalized spacial score (nSPS) is 27.8. The Balaban J connectivity index is 1.39. The Labute approximate surface area is 187 Å². The minimum atomic E-state index is -0.608. The molecule has 7 heteroatoms. The first-order chi connectivity index (χ1) is 15.5. The molecule has 1 aromatic heterocycles. The molecule has 0 unspecified atom stereocenters. The molecule has 170 valence electrons. The van der Waals surface area contributed by atoms with Crippen molar-refractivity contribution in [2.24, 2.45) is 23.5 Å². The van der Waals surface area contributed by atoms with Crippen LogP contribution in [0.5, 0.6) is 11.5 Å². The van der Waals surface area contributed by atoms with Crippen molar-refractivity contribution in [2.75, 3.05) is 13.7 Å². The van der Waals surface area contributed by atoms with E-state index in [0.717, 1.165) is 25.0 Å². The average Bonchev–Trinajstić information content (AvgIpc) is 3.28. The molecule has 0 spiro atoms. The van der Waals surface area contributed by atoms with Gasteiger partial charge in [-0.25, -0.2) is 0 Å². The van der Waals surface area contributed by atoms with Gasteiger partial charge in [0.2, 0.25) is 0 Å². The van der Waals surface area contributed by atoms with Crippen LogP contribution in [0.1, 0.15) is 54.6 Å². The van der Waals surface area contributed by atoms with E-state index in [1.54, 1.807) is 24.5 Å². The number of amides is 2. The summed E-state index contributed by atoms with van der Waals surface area (Å²) in [6, 6.07) is 8.56. The van der Waals surface area contributed by atoms with E-state index in [0.29, 0.717) is 30.0 Å². The van der Waals surface area contributed by atoms with Crippen LogP contribution in [0.4, 0.5) is 0 Å². The zero-order chi connectivity index (χ0) is 22.3. The molecule has 2 aromatic rings. The van der Waals surface area contributed by atoms with Crippen LogP contribution >= 0.6 is 0 Å². The second kappa shape index (κ2) is 8.19. The van der Waals surface area contributed by atoms with Gasteiger partial charge < -0.3 is 24.5 Å². The Morgan fingerprint density at radius 1 is 1.12 bits per heavy atom. The van der Waals surface area contributed by atoms with Crippen molar-refractivity contribution < 1.29 is 23.5 Å². The lowest BCUT2D eigenvalue weighted by Gasteiger charge is -2.60. The number of furan rings is 1. The monoisotopic (exact) mass is 438 g/mol. The summed E-state index contributed by atoms with van der Waals surface area (Å²) in [5.74, 6) is 2.97. The van der Waals surface area contributed by atoms with Gasteiger partial charge in [0, 0.05) is 11.6 Å². The standard InChI is InChI=1S/C25H30N2O5/c1-30-19-4-5-21(24(26)29)22(10-19)32-15-23(28)27(14-20-3-2-6-31-20)25-11-16-7-17(12-25)9-18(8-16)13-25/h2-6,10,16-18H,7-9,11-15H2,1H3,(H2,26,29). The number of carbonyl (C=O) groups excluding carboxylic acids is 2. The number of rotatable bonds is 8. The summed E-state index contributed by atoms with van der Waals surface area (Å²) in [7, 11) is 1.53. The van der Waals surface area contributed by atoms with Crippen LogP contribution < -0.4 is 15.2 Å². The maximum atomic E-state index is 13.6. The summed E-state index contributed by atoms with van der Waals surface area (Å²) in [4.78, 5) is 27.4. The van der Waals surface area contributed by atoms with E-state index < -0.39 is 5.91 Å². The maximum Gasteiger partial charge on any atom is 0.261 e. The van der Waals surface area contributed by atoms with Gasteiger partial charge in [-0.15, -0.1) is 0 Å². The van der Waals surface area contributed by atoms with Gasteiger partial charge in [0.05, 0.1) is 25.5 Å². The highest BCUT2D eigenvalue weighted by molar-refractivity contribution is 5.96. The van der Waals surface area contributed by atoms with Crippen LogP contribution in [-0.2, 0) is 11.3 Å². The van der Waals surface area contributed by atoms with Gasteiger partial charge >= 0.3 is 0 Å². The highest BCUT2D eigenvalue weighted by Crippen LogP contribution is 2.58. The van der Waals surface area contributed by atoms with Crippen LogP contribution in [0.2, 0.25) is 0 Å². The minimum absolute atomic E-state index is 0.0957. The van der Waals surface area contributed by atoms with Gasteiger partial charge in [-0.1, -0.05) is 0 Å². The van der Waals surface area contributed by atoms with Crippen molar-refractivity contribution in [2.45, 2.75) is 50.6 Å². The highest BCUT2D eigenvalue weighted by Gasteiger charge is 2.54. The molecule has 0 aliphatic heterocycles. The van der Waals surface area contributed by atoms with E-state index in [2.05, 4.69) is 0 Å². The number of hydrogen-bond acceptors (Lipinski definition) is 5. The number of methoxy groups -OCH3 is 1. The van der Waals surface area contributed by atoms with Crippen molar-refractivity contribution in [3.8, 4) is 11.5 Å². The molecule has 2 N–H and O–H groups in total. The molecule has 1 heterocycles. The number of nitrogens with two attached hydrogens (primary N) is 1. The molecule has 0 atom stereocenters. The predicted molar refractivity (Wildman–Crippen MR) is 117 cm³/mol. The van der Waals surface area contributed by atoms with Crippen LogP contribution in [0.15, 0.2) is 41.0 Å². The van der Waals surface area contributed by atoms with Crippen LogP contribution in [-0.4, -0.2) is 36.0 Å². The average molecular weight is 439 g/mol. The van der Waals surface area contributed by atoms with Gasteiger partial charge in [-0.05, 0) is 80.5 Å². The Morgan fingerprint density at radius 3 is 2.38 bits per heavy atom. The zero-order valence-corrected chi connectivity index (χ0v) is 18.4. The number of carbonyl (C=O) groups is 2. The highest BCUT2D eigenvalue weighted by atomic mass is 16.5. The van der Waals surface area contributed by atoms with Gasteiger partial charge in [0.15, 0.2) is 6.61 Å². The van der Waals surface area contributed by atoms with Gasteiger partial charge in [0.25, 0.3) is 11.8 Å². The zero-order valence-electron chi connectivity index (χ0n) is 18.4. The van der Waals surface area contributed by atoms with E-state index in [1.165, 1.54) is 26.4 Å². The van der Waals surface area contributed by atoms with Crippen molar-refractivity contribution in [1.82, 2.24) is 4.90 Å². The SMILES string of the molecule is COc1ccc(C(N)=O)c(OCC(=O)N(Cc2ccco2)C23CC4CC(CC(C4)C2)C3)c1. The molecule has 4 saturated carbocycles. The van der Waals surface area contributed by atoms with E-state index in [-0.39, 0.29) is 29.4 Å². The third-order valence-corrected chi connectivity index (χ3v) is 7.58. The first kappa shape index (κ1) is 20.9. The summed E-state index contributed by atoms with van der Waals surface area (Å²) in [6.45, 7) is 0.262. The lowest BCUT2D eigenvalue weighted by atomic mass is 9.52. The van der Waals surface area contributed by atoms with Crippen molar-refractivity contribution in [1.29, 1.82) is 0 Å². The lowest BCUT2D eigenvalue weighted by Crippen LogP contribution is -2.61. The Morgan fingerprint density at radius 2 is 1.81 bits per heavy atom. The molecule has 6 rings (SSSR count). The van der Waals surface area contributed by atoms with Gasteiger partial charge in [-0.2, -0.15) is 0 Å². The first-order valence-electron chi connectivity index (χ1n) is 11.4. The molecule has 7 nitrogen and oxygen atoms in total. The van der Waals surface area contributed by atoms with E-state index in [4.69, 9.17) is 19.6 Å². The Hall–Kier alpha value is -2.96. The summed E-state index contributed by atoms with van der Waals surface area (Å²) >= 11 is 0. The third kappa shape index (κ3) is 3.85. The van der Waals surface area contributed by atoms with Crippen LogP contribution in [0, 0.1) is 17.8 Å². The predicted octanol–water partition coefficient (Wildman–Crippen LogP) is 3.76. The van der Waals surface area contributed by atoms with Crippen LogP contribution in [0.25, 0.3) is 0 Å². The molecule has 0 saturated heterocycles. The van der Waals surface area contributed by atoms with Gasteiger partial charge in [0.1, 0.15) is 17.3 Å². The van der Waals surface area contributed by atoms with E-state index in [1.807, 2.05) is 17.0 Å². The topological polar surface area (TPSA) is 95.0 Å². The van der Waals surface area contributed by atoms with Gasteiger partial charge in [-0.3, -0.25) is 9.59 Å². The molecular formula is C25H30N2O5. The molecule has 0 radical (unpaired) electrons. The molecule has 4 fully saturated rings. The maximum absolute atomic E-state index is 13.6. The minimum Gasteiger partial charge on any atom is -0.497 e. The Kier molecular flexibility index (Phi) is 5.35. The Bertz CT molecular complexity index is 964. The van der Waals surface area contributed by atoms with E-state index in [9.17, 15) is 9.59 Å². The summed E-state index contributed by atoms with van der Waals surface area (Å²) in [5, 5.41) is 0. The lowest BCUT2D eigenvalue weighted by molar-refractivity contribution is -0.155. The molecule has 1 aromatic carbocycles. The van der Waals surface area contributed by atoms with Crippen molar-refractivity contribution in [3.63, 3.8) is 0 Å². The molecule has 4 aliphatic carbocycles. The fraction of sp³-hybridized carbons (Fsp3) is 0.520. The second-order valence-corrected chi connectivity index (χ2v) is 9.72. The van der Waals surface area contributed by atoms with E-state index >= 15 is 0 Å². The number of nitrogens with zero attached hydrogens (tertiary/aromatic N) is 1. The number of ether oxygens (including phenoxy) is 2. The molecule has 4 aliphatic rings. The number of primary amides is 1. The molecule has 2 amide bonds. The van der Waals surface area contributed by atoms with Crippen molar-refractivity contribution >= 4 is 11.8 Å². The molecule has 32 heavy (non-hydrogen) atoms. The summed E-state index contributed by atoms with van der Waals surface area (Å²) < 4.78 is 16.7. The molecular weight excluding hydrogens is 408 g/mol. The summed E-state index contributed by atoms with van der Waals surface area (Å²) in [5.41, 5.74) is 5.59. The first-order valence-corrected chi connectivity index (χ1v) is 11.4. The number of hydrogen-bond donors (Lipinski definition) is 1. The summed E-state index contributed by atoms with van der Waals surface area (Å²) in [6.07, 6.45) is 8.69. The quantitative estimate of drug-likeness (QED) is 0.677. The van der Waals surface area contributed by atoms with Crippen molar-refractivity contribution in [3.05, 3.63) is 47.9 Å². The largest absolute Gasteiger partial charge is 0.497 e. The fourth-order valence-corrected chi connectivity index (χ4v) is 6.64. The third-order valence-electron chi connectivity index (χ3n) is 7.58. The molecule has 4 bridgehead atoms. The number of benzene rings is 1. The fourth-order valence-electron chi connectivity index (χ4n) is 6.64.